The van der Waals surface area contributed by atoms with Gasteiger partial charge in [0.05, 0.1) is 23.6 Å². The summed E-state index contributed by atoms with van der Waals surface area (Å²) in [7, 11) is -3.76. The molecule has 0 spiro atoms. The highest BCUT2D eigenvalue weighted by Gasteiger charge is 2.21. The lowest BCUT2D eigenvalue weighted by atomic mass is 10.0. The Morgan fingerprint density at radius 1 is 0.744 bits per heavy atom. The molecule has 220 valence electrons. The topological polar surface area (TPSA) is 106 Å². The molecule has 0 radical (unpaired) electrons. The second kappa shape index (κ2) is 14.4. The first-order valence-corrected chi connectivity index (χ1v) is 15.8. The number of fused-ring (bicyclic) bond motifs is 1. The van der Waals surface area contributed by atoms with Crippen molar-refractivity contribution in [2.75, 3.05) is 19.8 Å². The predicted molar refractivity (Wildman–Crippen MR) is 169 cm³/mol. The summed E-state index contributed by atoms with van der Waals surface area (Å²) in [6, 6.07) is 32.2. The van der Waals surface area contributed by atoms with Crippen LogP contribution in [0.1, 0.15) is 36.0 Å². The predicted octanol–water partition coefficient (Wildman–Crippen LogP) is 7.95. The van der Waals surface area contributed by atoms with Gasteiger partial charge in [-0.05, 0) is 60.2 Å². The van der Waals surface area contributed by atoms with Gasteiger partial charge in [-0.15, -0.1) is 0 Å². The zero-order chi connectivity index (χ0) is 29.9. The van der Waals surface area contributed by atoms with Crippen LogP contribution in [0.5, 0.6) is 11.5 Å². The van der Waals surface area contributed by atoms with Crippen molar-refractivity contribution in [3.63, 3.8) is 0 Å². The van der Waals surface area contributed by atoms with Gasteiger partial charge in [-0.2, -0.15) is 0 Å². The van der Waals surface area contributed by atoms with Crippen molar-refractivity contribution in [1.82, 2.24) is 3.97 Å². The van der Waals surface area contributed by atoms with Crippen LogP contribution in [0.25, 0.3) is 21.3 Å². The first-order valence-electron chi connectivity index (χ1n) is 14.4. The van der Waals surface area contributed by atoms with E-state index in [1.54, 1.807) is 36.5 Å². The number of ether oxygens (including phenoxy) is 2. The van der Waals surface area contributed by atoms with Gasteiger partial charge in [-0.25, -0.2) is 12.4 Å². The lowest BCUT2D eigenvalue weighted by Crippen LogP contribution is -2.11. The molecule has 0 aliphatic carbocycles. The number of benzene rings is 4. The molecule has 0 fully saturated rings. The fourth-order valence-electron chi connectivity index (χ4n) is 5.07. The van der Waals surface area contributed by atoms with Crippen molar-refractivity contribution in [1.29, 1.82) is 0 Å². The van der Waals surface area contributed by atoms with E-state index in [1.807, 2.05) is 60.7 Å². The number of rotatable bonds is 15. The molecule has 0 aliphatic rings. The van der Waals surface area contributed by atoms with Crippen LogP contribution in [0.15, 0.2) is 119 Å². The van der Waals surface area contributed by atoms with E-state index in [-0.39, 0.29) is 4.90 Å². The van der Waals surface area contributed by atoms with Crippen LogP contribution in [-0.4, -0.2) is 32.1 Å². The van der Waals surface area contributed by atoms with Crippen LogP contribution in [-0.2, 0) is 22.9 Å². The highest BCUT2D eigenvalue weighted by molar-refractivity contribution is 7.90. The van der Waals surface area contributed by atoms with Crippen LogP contribution in [0.2, 0.25) is 0 Å². The smallest absolute Gasteiger partial charge is 0.268 e. The highest BCUT2D eigenvalue weighted by atomic mass is 32.2. The Morgan fingerprint density at radius 3 is 2.28 bits per heavy atom. The molecule has 8 nitrogen and oxygen atoms in total. The van der Waals surface area contributed by atoms with Crippen LogP contribution < -0.4 is 9.47 Å². The van der Waals surface area contributed by atoms with Gasteiger partial charge in [-0.3, -0.25) is 0 Å². The summed E-state index contributed by atoms with van der Waals surface area (Å²) in [4.78, 5) is 3.04. The first kappa shape index (κ1) is 29.8. The highest BCUT2D eigenvalue weighted by Crippen LogP contribution is 2.34. The molecule has 5 aromatic rings. The lowest BCUT2D eigenvalue weighted by molar-refractivity contribution is 0.263. The first-order chi connectivity index (χ1) is 21.1. The molecule has 0 N–H and O–H groups in total. The second-order valence-corrected chi connectivity index (χ2v) is 12.0. The number of hydrogen-bond donors (Lipinski definition) is 0. The standard InChI is InChI=1S/C34H34N4O4S/c35-37-36-22-10-3-11-23-41-33-20-12-15-28(25-27-13-4-1-5-14-27)34(33)42-24-21-29-26-38(32-19-9-8-18-31(29)32)43(39,40)30-16-6-2-7-17-30/h1-2,4-9,12-20,26H,3,10-11,21-25H2. The largest absolute Gasteiger partial charge is 0.490 e. The van der Waals surface area contributed by atoms with Gasteiger partial charge >= 0.3 is 0 Å². The van der Waals surface area contributed by atoms with Crippen molar-refractivity contribution in [3.8, 4) is 11.5 Å². The molecule has 1 heterocycles. The third-order valence-electron chi connectivity index (χ3n) is 7.20. The van der Waals surface area contributed by atoms with E-state index < -0.39 is 10.0 Å². The SMILES string of the molecule is [N-]=[N+]=NCCCCCOc1cccc(Cc2ccccc2)c1OCCc1cn(S(=O)(=O)c2ccccc2)c2ccccc12. The molecule has 0 atom stereocenters. The lowest BCUT2D eigenvalue weighted by Gasteiger charge is -2.17. The molecule has 0 unspecified atom stereocenters. The summed E-state index contributed by atoms with van der Waals surface area (Å²) in [5, 5.41) is 4.46. The minimum atomic E-state index is -3.76. The van der Waals surface area contributed by atoms with E-state index in [2.05, 4.69) is 22.2 Å². The molecule has 0 aliphatic heterocycles. The third kappa shape index (κ3) is 7.38. The van der Waals surface area contributed by atoms with Crippen LogP contribution >= 0.6 is 0 Å². The van der Waals surface area contributed by atoms with Crippen LogP contribution in [0.4, 0.5) is 0 Å². The Labute approximate surface area is 252 Å². The van der Waals surface area contributed by atoms with Crippen LogP contribution in [0, 0.1) is 0 Å². The van der Waals surface area contributed by atoms with Gasteiger partial charge in [0.25, 0.3) is 10.0 Å². The molecule has 5 rings (SSSR count). The Hall–Kier alpha value is -4.72. The van der Waals surface area contributed by atoms with Gasteiger partial charge in [0.2, 0.25) is 0 Å². The Kier molecular flexibility index (Phi) is 10.00. The Bertz CT molecular complexity index is 1800. The summed E-state index contributed by atoms with van der Waals surface area (Å²) in [5.74, 6) is 1.37. The monoisotopic (exact) mass is 594 g/mol. The van der Waals surface area contributed by atoms with Crippen molar-refractivity contribution in [3.05, 3.63) is 136 Å². The quantitative estimate of drug-likeness (QED) is 0.0530. The van der Waals surface area contributed by atoms with Crippen LogP contribution in [0.3, 0.4) is 0 Å². The maximum atomic E-state index is 13.5. The molecule has 4 aromatic carbocycles. The second-order valence-electron chi connectivity index (χ2n) is 10.2. The fourth-order valence-corrected chi connectivity index (χ4v) is 6.48. The van der Waals surface area contributed by atoms with Gasteiger partial charge in [0, 0.05) is 41.4 Å². The van der Waals surface area contributed by atoms with E-state index >= 15 is 0 Å². The molecular weight excluding hydrogens is 560 g/mol. The zero-order valence-corrected chi connectivity index (χ0v) is 24.7. The summed E-state index contributed by atoms with van der Waals surface area (Å²) >= 11 is 0. The van der Waals surface area contributed by atoms with Gasteiger partial charge in [-0.1, -0.05) is 84.0 Å². The maximum Gasteiger partial charge on any atom is 0.268 e. The minimum Gasteiger partial charge on any atom is -0.490 e. The zero-order valence-electron chi connectivity index (χ0n) is 23.9. The minimum absolute atomic E-state index is 0.243. The van der Waals surface area contributed by atoms with Crippen molar-refractivity contribution in [2.45, 2.75) is 37.0 Å². The number of hydrogen-bond acceptors (Lipinski definition) is 5. The summed E-state index contributed by atoms with van der Waals surface area (Å²) in [6.07, 6.45) is 5.45. The number of nitrogens with zero attached hydrogens (tertiary/aromatic N) is 4. The fraction of sp³-hybridized carbons (Fsp3) is 0.235. The number of para-hydroxylation sites is 2. The molecule has 0 bridgehead atoms. The molecular formula is C34H34N4O4S. The van der Waals surface area contributed by atoms with Crippen molar-refractivity contribution < 1.29 is 17.9 Å². The van der Waals surface area contributed by atoms with Gasteiger partial charge < -0.3 is 9.47 Å². The summed E-state index contributed by atoms with van der Waals surface area (Å²) < 4.78 is 41.0. The number of aromatic nitrogens is 1. The molecule has 43 heavy (non-hydrogen) atoms. The van der Waals surface area contributed by atoms with Crippen molar-refractivity contribution in [2.24, 2.45) is 5.11 Å². The number of unbranched alkanes of at least 4 members (excludes halogenated alkanes) is 2. The Balaban J connectivity index is 1.36. The van der Waals surface area contributed by atoms with E-state index in [0.717, 1.165) is 41.3 Å². The Morgan fingerprint density at radius 2 is 1.49 bits per heavy atom. The van der Waals surface area contributed by atoms with E-state index in [4.69, 9.17) is 15.0 Å². The van der Waals surface area contributed by atoms with Gasteiger partial charge in [0.15, 0.2) is 11.5 Å². The van der Waals surface area contributed by atoms with E-state index in [1.165, 1.54) is 3.97 Å². The number of azide groups is 1. The van der Waals surface area contributed by atoms with E-state index in [0.29, 0.717) is 49.6 Å². The average Bonchev–Trinajstić information content (AvgIpc) is 3.42. The summed E-state index contributed by atoms with van der Waals surface area (Å²) in [6.45, 7) is 1.35. The third-order valence-corrected chi connectivity index (χ3v) is 8.89. The van der Waals surface area contributed by atoms with E-state index in [9.17, 15) is 8.42 Å². The summed E-state index contributed by atoms with van der Waals surface area (Å²) in [5.41, 5.74) is 12.2. The molecule has 0 saturated heterocycles. The average molecular weight is 595 g/mol. The molecule has 0 amide bonds. The molecule has 1 aromatic heterocycles. The van der Waals surface area contributed by atoms with Crippen molar-refractivity contribution >= 4 is 20.9 Å². The maximum absolute atomic E-state index is 13.5. The molecule has 9 heteroatoms. The van der Waals surface area contributed by atoms with Gasteiger partial charge in [0.1, 0.15) is 0 Å². The molecule has 0 saturated carbocycles. The normalized spacial score (nSPS) is 11.3.